The lowest BCUT2D eigenvalue weighted by Gasteiger charge is -2.24. The number of ether oxygens (including phenoxy) is 2. The monoisotopic (exact) mass is 289 g/mol. The Balaban J connectivity index is 1.43. The van der Waals surface area contributed by atoms with Crippen LogP contribution >= 0.6 is 0 Å². The van der Waals surface area contributed by atoms with Crippen LogP contribution in [-0.4, -0.2) is 25.4 Å². The molecular weight excluding hydrogens is 262 g/mol. The van der Waals surface area contributed by atoms with E-state index in [0.29, 0.717) is 12.7 Å². The first-order chi connectivity index (χ1) is 10.3. The van der Waals surface area contributed by atoms with Gasteiger partial charge in [0.1, 0.15) is 0 Å². The van der Waals surface area contributed by atoms with Gasteiger partial charge in [0.2, 0.25) is 0 Å². The molecule has 1 spiro atoms. The maximum atomic E-state index is 6.33. The zero-order valence-electron chi connectivity index (χ0n) is 13.1. The number of hydrogen-bond acceptors (Lipinski definition) is 3. The molecule has 0 amide bonds. The molecule has 0 aromatic heterocycles. The van der Waals surface area contributed by atoms with Gasteiger partial charge in [-0.3, -0.25) is 0 Å². The molecule has 21 heavy (non-hydrogen) atoms. The van der Waals surface area contributed by atoms with E-state index in [1.165, 1.54) is 49.7 Å². The Hall–Kier alpha value is -0.900. The normalized spacial score (nSPS) is 24.0. The van der Waals surface area contributed by atoms with Crippen molar-refractivity contribution >= 4 is 0 Å². The van der Waals surface area contributed by atoms with E-state index < -0.39 is 0 Å². The van der Waals surface area contributed by atoms with Gasteiger partial charge in [0.05, 0.1) is 18.3 Å². The van der Waals surface area contributed by atoms with E-state index in [4.69, 9.17) is 9.47 Å². The van der Waals surface area contributed by atoms with Crippen molar-refractivity contribution in [3.63, 3.8) is 0 Å². The van der Waals surface area contributed by atoms with Crippen LogP contribution in [0, 0.1) is 0 Å². The Morgan fingerprint density at radius 1 is 1.24 bits per heavy atom. The van der Waals surface area contributed by atoms with E-state index in [0.717, 1.165) is 13.1 Å². The molecule has 2 fully saturated rings. The quantitative estimate of drug-likeness (QED) is 0.870. The first kappa shape index (κ1) is 15.0. The zero-order valence-corrected chi connectivity index (χ0v) is 13.1. The summed E-state index contributed by atoms with van der Waals surface area (Å²) in [4.78, 5) is 0. The first-order valence-electron chi connectivity index (χ1n) is 8.25. The van der Waals surface area contributed by atoms with Gasteiger partial charge in [-0.05, 0) is 36.8 Å². The van der Waals surface area contributed by atoms with E-state index >= 15 is 0 Å². The van der Waals surface area contributed by atoms with Gasteiger partial charge in [-0.15, -0.1) is 0 Å². The van der Waals surface area contributed by atoms with Crippen LogP contribution in [0.25, 0.3) is 0 Å². The van der Waals surface area contributed by atoms with Crippen molar-refractivity contribution in [3.8, 4) is 0 Å². The Morgan fingerprint density at radius 2 is 2.05 bits per heavy atom. The van der Waals surface area contributed by atoms with Crippen molar-refractivity contribution in [1.29, 1.82) is 0 Å². The molecule has 0 bridgehead atoms. The van der Waals surface area contributed by atoms with Gasteiger partial charge in [-0.25, -0.2) is 0 Å². The number of benzene rings is 1. The molecule has 1 aromatic rings. The van der Waals surface area contributed by atoms with Crippen molar-refractivity contribution in [3.05, 3.63) is 35.4 Å². The number of methoxy groups -OCH3 is 1. The van der Waals surface area contributed by atoms with Gasteiger partial charge in [-0.2, -0.15) is 0 Å². The lowest BCUT2D eigenvalue weighted by Crippen LogP contribution is -2.30. The minimum Gasteiger partial charge on any atom is -0.380 e. The van der Waals surface area contributed by atoms with E-state index in [9.17, 15) is 0 Å². The van der Waals surface area contributed by atoms with Crippen molar-refractivity contribution in [2.24, 2.45) is 0 Å². The molecule has 3 nitrogen and oxygen atoms in total. The van der Waals surface area contributed by atoms with Crippen LogP contribution in [0.1, 0.15) is 49.7 Å². The molecule has 1 saturated carbocycles. The van der Waals surface area contributed by atoms with Gasteiger partial charge >= 0.3 is 0 Å². The third-order valence-corrected chi connectivity index (χ3v) is 4.86. The Kier molecular flexibility index (Phi) is 4.94. The number of nitrogens with one attached hydrogen (secondary N) is 1. The molecular formula is C18H27NO2. The second-order valence-corrected chi connectivity index (χ2v) is 6.55. The molecule has 3 rings (SSSR count). The van der Waals surface area contributed by atoms with E-state index in [-0.39, 0.29) is 5.60 Å². The average molecular weight is 289 g/mol. The second kappa shape index (κ2) is 6.91. The summed E-state index contributed by atoms with van der Waals surface area (Å²) in [6, 6.07) is 8.59. The van der Waals surface area contributed by atoms with Gasteiger partial charge in [0.25, 0.3) is 0 Å². The van der Waals surface area contributed by atoms with E-state index in [2.05, 4.69) is 29.6 Å². The summed E-state index contributed by atoms with van der Waals surface area (Å²) in [6.07, 6.45) is 8.16. The van der Waals surface area contributed by atoms with E-state index in [1.807, 2.05) is 0 Å². The number of hydrogen-bond donors (Lipinski definition) is 1. The summed E-state index contributed by atoms with van der Waals surface area (Å²) in [6.45, 7) is 2.56. The highest BCUT2D eigenvalue weighted by atomic mass is 16.5. The summed E-state index contributed by atoms with van der Waals surface area (Å²) in [5, 5.41) is 3.55. The average Bonchev–Trinajstić information content (AvgIpc) is 3.11. The van der Waals surface area contributed by atoms with Gasteiger partial charge in [0, 0.05) is 20.2 Å². The fourth-order valence-corrected chi connectivity index (χ4v) is 3.80. The zero-order chi connectivity index (χ0) is 14.5. The first-order valence-corrected chi connectivity index (χ1v) is 8.25. The smallest absolute Gasteiger partial charge is 0.0713 e. The topological polar surface area (TPSA) is 30.5 Å². The fourth-order valence-electron chi connectivity index (χ4n) is 3.80. The molecule has 1 aliphatic heterocycles. The molecule has 3 heteroatoms. The molecule has 1 heterocycles. The van der Waals surface area contributed by atoms with Crippen LogP contribution in [0.2, 0.25) is 0 Å². The van der Waals surface area contributed by atoms with Crippen LogP contribution < -0.4 is 5.32 Å². The van der Waals surface area contributed by atoms with Crippen molar-refractivity contribution in [1.82, 2.24) is 5.32 Å². The Morgan fingerprint density at radius 3 is 2.86 bits per heavy atom. The molecule has 1 aliphatic carbocycles. The summed E-state index contributed by atoms with van der Waals surface area (Å²) in [5.41, 5.74) is 2.81. The summed E-state index contributed by atoms with van der Waals surface area (Å²) < 4.78 is 11.5. The van der Waals surface area contributed by atoms with E-state index in [1.54, 1.807) is 7.11 Å². The molecule has 116 valence electrons. The van der Waals surface area contributed by atoms with Crippen molar-refractivity contribution in [2.45, 2.75) is 63.4 Å². The van der Waals surface area contributed by atoms with Crippen LogP contribution in [0.3, 0.4) is 0 Å². The molecule has 1 unspecified atom stereocenters. The highest BCUT2D eigenvalue weighted by molar-refractivity contribution is 5.22. The predicted molar refractivity (Wildman–Crippen MR) is 84.2 cm³/mol. The van der Waals surface area contributed by atoms with Crippen LogP contribution in [0.15, 0.2) is 24.3 Å². The molecule has 0 radical (unpaired) electrons. The summed E-state index contributed by atoms with van der Waals surface area (Å²) in [5.74, 6) is 0. The van der Waals surface area contributed by atoms with Crippen molar-refractivity contribution in [2.75, 3.05) is 13.7 Å². The third kappa shape index (κ3) is 3.85. The molecule has 2 aliphatic rings. The lowest BCUT2D eigenvalue weighted by molar-refractivity contribution is -0.0351. The minimum atomic E-state index is 0.255. The Labute approximate surface area is 128 Å². The predicted octanol–water partition coefficient (Wildman–Crippen LogP) is 3.41. The summed E-state index contributed by atoms with van der Waals surface area (Å²) in [7, 11) is 1.74. The minimum absolute atomic E-state index is 0.255. The molecule has 1 N–H and O–H groups in total. The summed E-state index contributed by atoms with van der Waals surface area (Å²) >= 11 is 0. The van der Waals surface area contributed by atoms with Gasteiger partial charge in [-0.1, -0.05) is 37.1 Å². The highest BCUT2D eigenvalue weighted by Gasteiger charge is 2.41. The maximum Gasteiger partial charge on any atom is 0.0713 e. The number of rotatable bonds is 6. The molecule has 1 aromatic carbocycles. The Bertz CT molecular complexity index is 454. The standard InChI is InChI=1S/C18H27NO2/c1-20-14-16-6-4-5-15(11-16)12-19-13-17-7-10-18(21-17)8-2-3-9-18/h4-6,11,17,19H,2-3,7-10,12-14H2,1H3. The maximum absolute atomic E-state index is 6.33. The largest absolute Gasteiger partial charge is 0.380 e. The van der Waals surface area contributed by atoms with Crippen molar-refractivity contribution < 1.29 is 9.47 Å². The molecule has 1 atom stereocenters. The SMILES string of the molecule is COCc1cccc(CNCC2CCC3(CCCC3)O2)c1. The lowest BCUT2D eigenvalue weighted by atomic mass is 9.98. The van der Waals surface area contributed by atoms with Gasteiger partial charge < -0.3 is 14.8 Å². The molecule has 1 saturated heterocycles. The van der Waals surface area contributed by atoms with Crippen LogP contribution in [0.5, 0.6) is 0 Å². The second-order valence-electron chi connectivity index (χ2n) is 6.55. The van der Waals surface area contributed by atoms with Gasteiger partial charge in [0.15, 0.2) is 0 Å². The third-order valence-electron chi connectivity index (χ3n) is 4.86. The fraction of sp³-hybridized carbons (Fsp3) is 0.667. The highest BCUT2D eigenvalue weighted by Crippen LogP contribution is 2.43. The van der Waals surface area contributed by atoms with Crippen LogP contribution in [-0.2, 0) is 22.6 Å². The van der Waals surface area contributed by atoms with Crippen LogP contribution in [0.4, 0.5) is 0 Å².